The van der Waals surface area contributed by atoms with Gasteiger partial charge in [0, 0.05) is 5.92 Å². The maximum Gasteiger partial charge on any atom is 0.216 e. The summed E-state index contributed by atoms with van der Waals surface area (Å²) in [7, 11) is 0. The lowest BCUT2D eigenvalue weighted by molar-refractivity contribution is 0.306. The summed E-state index contributed by atoms with van der Waals surface area (Å²) in [5, 5.41) is 11.7. The van der Waals surface area contributed by atoms with Gasteiger partial charge in [-0.2, -0.15) is 14.9 Å². The van der Waals surface area contributed by atoms with E-state index in [1.807, 2.05) is 54.6 Å². The van der Waals surface area contributed by atoms with E-state index in [9.17, 15) is 0 Å². The second kappa shape index (κ2) is 9.28. The van der Waals surface area contributed by atoms with Crippen molar-refractivity contribution in [2.75, 3.05) is 0 Å². The van der Waals surface area contributed by atoms with Gasteiger partial charge in [0.15, 0.2) is 5.82 Å². The minimum atomic E-state index is 0.337. The Kier molecular flexibility index (Phi) is 6.54. The Bertz CT molecular complexity index is 925. The Morgan fingerprint density at radius 1 is 1.11 bits per heavy atom. The average Bonchev–Trinajstić information content (AvgIpc) is 3.08. The van der Waals surface area contributed by atoms with Crippen LogP contribution in [0.25, 0.3) is 0 Å². The van der Waals surface area contributed by atoms with Crippen molar-refractivity contribution in [3.05, 3.63) is 76.3 Å². The second-order valence-electron chi connectivity index (χ2n) is 6.30. The molecule has 3 aromatic rings. The minimum absolute atomic E-state index is 0.337. The molecule has 2 aromatic carbocycles. The molecule has 0 saturated carbocycles. The number of H-pyrrole nitrogens is 1. The van der Waals surface area contributed by atoms with Crippen LogP contribution in [0.5, 0.6) is 5.75 Å². The molecule has 0 unspecified atom stereocenters. The molecule has 0 amide bonds. The molecular formula is C21H24N4OS. The van der Waals surface area contributed by atoms with E-state index in [0.29, 0.717) is 17.3 Å². The van der Waals surface area contributed by atoms with Crippen LogP contribution in [0.3, 0.4) is 0 Å². The number of benzene rings is 2. The van der Waals surface area contributed by atoms with E-state index in [0.717, 1.165) is 35.5 Å². The third kappa shape index (κ3) is 4.92. The van der Waals surface area contributed by atoms with Gasteiger partial charge in [-0.05, 0) is 60.5 Å². The van der Waals surface area contributed by atoms with E-state index in [1.54, 1.807) is 10.9 Å². The zero-order valence-corrected chi connectivity index (χ0v) is 16.4. The van der Waals surface area contributed by atoms with Crippen LogP contribution in [-0.4, -0.2) is 21.1 Å². The summed E-state index contributed by atoms with van der Waals surface area (Å²) in [4.78, 5) is 0. The summed E-state index contributed by atoms with van der Waals surface area (Å²) in [6, 6.07) is 18.0. The lowest BCUT2D eigenvalue weighted by Gasteiger charge is -2.10. The molecule has 6 heteroatoms. The van der Waals surface area contributed by atoms with Crippen LogP contribution < -0.4 is 4.74 Å². The van der Waals surface area contributed by atoms with E-state index in [4.69, 9.17) is 17.0 Å². The molecule has 0 aliphatic heterocycles. The summed E-state index contributed by atoms with van der Waals surface area (Å²) < 4.78 is 8.04. The lowest BCUT2D eigenvalue weighted by Crippen LogP contribution is -2.05. The first-order valence-corrected chi connectivity index (χ1v) is 9.60. The highest BCUT2D eigenvalue weighted by atomic mass is 32.1. The third-order valence-corrected chi connectivity index (χ3v) is 4.74. The first kappa shape index (κ1) is 19.0. The highest BCUT2D eigenvalue weighted by Gasteiger charge is 2.14. The van der Waals surface area contributed by atoms with Gasteiger partial charge in [-0.25, -0.2) is 0 Å². The van der Waals surface area contributed by atoms with Crippen LogP contribution in [-0.2, 0) is 6.61 Å². The molecule has 3 rings (SSSR count). The molecule has 0 radical (unpaired) electrons. The summed E-state index contributed by atoms with van der Waals surface area (Å²) in [6.45, 7) is 4.85. The average molecular weight is 381 g/mol. The van der Waals surface area contributed by atoms with Crippen LogP contribution in [0, 0.1) is 4.77 Å². The number of hydrogen-bond donors (Lipinski definition) is 1. The van der Waals surface area contributed by atoms with Gasteiger partial charge in [0.2, 0.25) is 4.77 Å². The van der Waals surface area contributed by atoms with E-state index < -0.39 is 0 Å². The largest absolute Gasteiger partial charge is 0.489 e. The molecule has 0 spiro atoms. The van der Waals surface area contributed by atoms with Crippen LogP contribution in [0.15, 0.2) is 59.7 Å². The molecular weight excluding hydrogens is 356 g/mol. The maximum absolute atomic E-state index is 5.81. The number of rotatable bonds is 8. The Morgan fingerprint density at radius 2 is 1.81 bits per heavy atom. The van der Waals surface area contributed by atoms with Crippen LogP contribution in [0.2, 0.25) is 0 Å². The zero-order chi connectivity index (χ0) is 19.1. The van der Waals surface area contributed by atoms with Gasteiger partial charge in [-0.3, -0.25) is 5.10 Å². The molecule has 27 heavy (non-hydrogen) atoms. The predicted molar refractivity (Wildman–Crippen MR) is 111 cm³/mol. The quantitative estimate of drug-likeness (QED) is 0.426. The fourth-order valence-electron chi connectivity index (χ4n) is 2.85. The molecule has 0 bridgehead atoms. The van der Waals surface area contributed by atoms with Crippen molar-refractivity contribution in [2.45, 2.75) is 39.2 Å². The van der Waals surface area contributed by atoms with Crippen molar-refractivity contribution < 1.29 is 4.74 Å². The fraction of sp³-hybridized carbons (Fsp3) is 0.286. The number of nitrogens with zero attached hydrogens (tertiary/aromatic N) is 3. The molecule has 0 aliphatic rings. The standard InChI is InChI=1S/C21H24N4OS/c1-3-18(4-2)20-23-24-21(27)25(20)22-14-16-10-12-19(13-11-16)26-15-17-8-6-5-7-9-17/h5-14,18H,3-4,15H2,1-2H3,(H,24,27)/b22-14-. The Hall–Kier alpha value is -2.73. The van der Waals surface area contributed by atoms with Crippen molar-refractivity contribution in [1.82, 2.24) is 14.9 Å². The van der Waals surface area contributed by atoms with Crippen molar-refractivity contribution in [3.63, 3.8) is 0 Å². The van der Waals surface area contributed by atoms with Crippen molar-refractivity contribution >= 4 is 18.4 Å². The number of aromatic amines is 1. The zero-order valence-electron chi connectivity index (χ0n) is 15.6. The summed E-state index contributed by atoms with van der Waals surface area (Å²) in [5.74, 6) is 2.04. The van der Waals surface area contributed by atoms with Gasteiger partial charge < -0.3 is 4.74 Å². The van der Waals surface area contributed by atoms with E-state index in [2.05, 4.69) is 29.1 Å². The van der Waals surface area contributed by atoms with E-state index in [1.165, 1.54) is 0 Å². The number of nitrogens with one attached hydrogen (secondary N) is 1. The molecule has 0 saturated heterocycles. The summed E-state index contributed by atoms with van der Waals surface area (Å²) in [5.41, 5.74) is 2.12. The Labute approximate surface area is 164 Å². The first-order valence-electron chi connectivity index (χ1n) is 9.19. The van der Waals surface area contributed by atoms with Gasteiger partial charge in [0.1, 0.15) is 12.4 Å². The molecule has 1 heterocycles. The number of hydrogen-bond acceptors (Lipinski definition) is 4. The van der Waals surface area contributed by atoms with Gasteiger partial charge >= 0.3 is 0 Å². The minimum Gasteiger partial charge on any atom is -0.489 e. The third-order valence-electron chi connectivity index (χ3n) is 4.48. The monoisotopic (exact) mass is 380 g/mol. The smallest absolute Gasteiger partial charge is 0.216 e. The van der Waals surface area contributed by atoms with Crippen molar-refractivity contribution in [2.24, 2.45) is 5.10 Å². The molecule has 1 N–H and O–H groups in total. The van der Waals surface area contributed by atoms with Crippen molar-refractivity contribution in [3.8, 4) is 5.75 Å². The van der Waals surface area contributed by atoms with E-state index in [-0.39, 0.29) is 0 Å². The first-order chi connectivity index (χ1) is 13.2. The fourth-order valence-corrected chi connectivity index (χ4v) is 3.04. The SMILES string of the molecule is CCC(CC)c1n[nH]c(=S)n1/N=C\c1ccc(OCc2ccccc2)cc1. The molecule has 0 atom stereocenters. The van der Waals surface area contributed by atoms with Gasteiger partial charge in [0.25, 0.3) is 0 Å². The normalized spacial score (nSPS) is 11.4. The highest BCUT2D eigenvalue weighted by Crippen LogP contribution is 2.21. The molecule has 5 nitrogen and oxygen atoms in total. The number of ether oxygens (including phenoxy) is 1. The molecule has 140 valence electrons. The topological polar surface area (TPSA) is 55.2 Å². The van der Waals surface area contributed by atoms with Crippen LogP contribution >= 0.6 is 12.2 Å². The molecule has 0 aliphatic carbocycles. The van der Waals surface area contributed by atoms with Crippen LogP contribution in [0.1, 0.15) is 49.6 Å². The molecule has 1 aromatic heterocycles. The van der Waals surface area contributed by atoms with Gasteiger partial charge in [-0.1, -0.05) is 44.2 Å². The molecule has 0 fully saturated rings. The highest BCUT2D eigenvalue weighted by molar-refractivity contribution is 7.71. The lowest BCUT2D eigenvalue weighted by atomic mass is 10.0. The van der Waals surface area contributed by atoms with Crippen LogP contribution in [0.4, 0.5) is 0 Å². The van der Waals surface area contributed by atoms with Gasteiger partial charge in [0.05, 0.1) is 6.21 Å². The predicted octanol–water partition coefficient (Wildman–Crippen LogP) is 5.31. The summed E-state index contributed by atoms with van der Waals surface area (Å²) in [6.07, 6.45) is 3.79. The van der Waals surface area contributed by atoms with E-state index >= 15 is 0 Å². The second-order valence-corrected chi connectivity index (χ2v) is 6.69. The Morgan fingerprint density at radius 3 is 2.48 bits per heavy atom. The Balaban J connectivity index is 1.68. The summed E-state index contributed by atoms with van der Waals surface area (Å²) >= 11 is 5.32. The van der Waals surface area contributed by atoms with Gasteiger partial charge in [-0.15, -0.1) is 0 Å². The van der Waals surface area contributed by atoms with Crippen molar-refractivity contribution in [1.29, 1.82) is 0 Å². The number of aromatic nitrogens is 3. The maximum atomic E-state index is 5.81.